The number of ether oxygens (including phenoxy) is 1. The van der Waals surface area contributed by atoms with E-state index in [4.69, 9.17) is 4.74 Å². The summed E-state index contributed by atoms with van der Waals surface area (Å²) in [6.45, 7) is 6.45. The van der Waals surface area contributed by atoms with Gasteiger partial charge in [0, 0.05) is 26.2 Å². The van der Waals surface area contributed by atoms with Crippen LogP contribution in [0.4, 0.5) is 17.3 Å². The summed E-state index contributed by atoms with van der Waals surface area (Å²) in [5, 5.41) is 17.9. The number of hydrogen-bond donors (Lipinski definition) is 2. The topological polar surface area (TPSA) is 105 Å². The van der Waals surface area contributed by atoms with E-state index in [9.17, 15) is 10.1 Å². The van der Waals surface area contributed by atoms with Gasteiger partial charge in [0.05, 0.1) is 24.2 Å². The Hall–Kier alpha value is -2.78. The number of hydrogen-bond acceptors (Lipinski definition) is 8. The molecule has 0 spiro atoms. The average Bonchev–Trinajstić information content (AvgIpc) is 2.69. The highest BCUT2D eigenvalue weighted by Gasteiger charge is 2.24. The van der Waals surface area contributed by atoms with E-state index in [0.29, 0.717) is 6.54 Å². The number of rotatable bonds is 8. The third-order valence-corrected chi connectivity index (χ3v) is 4.48. The zero-order valence-corrected chi connectivity index (χ0v) is 15.3. The summed E-state index contributed by atoms with van der Waals surface area (Å²) in [6.07, 6.45) is 1.34. The van der Waals surface area contributed by atoms with Crippen LogP contribution in [0, 0.1) is 10.1 Å². The average molecular weight is 372 g/mol. The first kappa shape index (κ1) is 19.0. The molecule has 1 atom stereocenters. The van der Waals surface area contributed by atoms with Crippen molar-refractivity contribution in [2.75, 3.05) is 50.0 Å². The van der Waals surface area contributed by atoms with E-state index in [2.05, 4.69) is 25.5 Å². The largest absolute Gasteiger partial charge is 0.379 e. The monoisotopic (exact) mass is 372 g/mol. The predicted octanol–water partition coefficient (Wildman–Crippen LogP) is 2.30. The zero-order chi connectivity index (χ0) is 19.1. The van der Waals surface area contributed by atoms with Gasteiger partial charge in [-0.25, -0.2) is 9.97 Å². The SMILES string of the molecule is CC(Nc1ncnc(NCCN2CCOCC2)c1[N+](=O)[O-])c1ccccc1. The number of anilines is 2. The van der Waals surface area contributed by atoms with Crippen LogP contribution in [0.5, 0.6) is 0 Å². The van der Waals surface area contributed by atoms with E-state index in [1.165, 1.54) is 6.33 Å². The standard InChI is InChI=1S/C18H24N6O3/c1-14(15-5-3-2-4-6-15)22-18-16(24(25)26)17(20-13-21-18)19-7-8-23-9-11-27-12-10-23/h2-6,13-14H,7-12H2,1H3,(H2,19,20,21,22). The highest BCUT2D eigenvalue weighted by atomic mass is 16.6. The van der Waals surface area contributed by atoms with Crippen molar-refractivity contribution in [1.82, 2.24) is 14.9 Å². The van der Waals surface area contributed by atoms with Gasteiger partial charge in [-0.3, -0.25) is 15.0 Å². The Balaban J connectivity index is 1.69. The second-order valence-corrected chi connectivity index (χ2v) is 6.33. The molecule has 1 aliphatic heterocycles. The van der Waals surface area contributed by atoms with E-state index >= 15 is 0 Å². The maximum Gasteiger partial charge on any atom is 0.353 e. The van der Waals surface area contributed by atoms with Crippen LogP contribution in [0.1, 0.15) is 18.5 Å². The molecule has 0 amide bonds. The fraction of sp³-hybridized carbons (Fsp3) is 0.444. The summed E-state index contributed by atoms with van der Waals surface area (Å²) in [5.74, 6) is 0.436. The van der Waals surface area contributed by atoms with Crippen molar-refractivity contribution in [3.8, 4) is 0 Å². The molecule has 2 N–H and O–H groups in total. The molecule has 2 aromatic rings. The molecule has 0 aliphatic carbocycles. The molecule has 9 heteroatoms. The Morgan fingerprint density at radius 1 is 1.22 bits per heavy atom. The second-order valence-electron chi connectivity index (χ2n) is 6.33. The zero-order valence-electron chi connectivity index (χ0n) is 15.3. The first-order chi connectivity index (χ1) is 13.1. The maximum absolute atomic E-state index is 11.6. The van der Waals surface area contributed by atoms with Crippen molar-refractivity contribution >= 4 is 17.3 Å². The lowest BCUT2D eigenvalue weighted by Gasteiger charge is -2.26. The fourth-order valence-electron chi connectivity index (χ4n) is 2.97. The minimum absolute atomic E-state index is 0.124. The van der Waals surface area contributed by atoms with Crippen LogP contribution in [0.25, 0.3) is 0 Å². The highest BCUT2D eigenvalue weighted by molar-refractivity contribution is 5.69. The lowest BCUT2D eigenvalue weighted by atomic mass is 10.1. The molecule has 0 radical (unpaired) electrons. The van der Waals surface area contributed by atoms with Gasteiger partial charge in [-0.05, 0) is 12.5 Å². The molecule has 1 unspecified atom stereocenters. The Kier molecular flexibility index (Phi) is 6.50. The van der Waals surface area contributed by atoms with Crippen LogP contribution in [0.2, 0.25) is 0 Å². The number of nitrogens with one attached hydrogen (secondary N) is 2. The molecule has 3 rings (SSSR count). The van der Waals surface area contributed by atoms with Gasteiger partial charge in [-0.2, -0.15) is 0 Å². The lowest BCUT2D eigenvalue weighted by Crippen LogP contribution is -2.39. The van der Waals surface area contributed by atoms with E-state index < -0.39 is 4.92 Å². The molecule has 2 heterocycles. The molecule has 1 aromatic heterocycles. The Morgan fingerprint density at radius 3 is 2.63 bits per heavy atom. The number of nitrogens with zero attached hydrogens (tertiary/aromatic N) is 4. The second kappa shape index (κ2) is 9.24. The van der Waals surface area contributed by atoms with Gasteiger partial charge in [0.15, 0.2) is 0 Å². The molecule has 1 aliphatic rings. The molecule has 9 nitrogen and oxygen atoms in total. The minimum atomic E-state index is -0.447. The summed E-state index contributed by atoms with van der Waals surface area (Å²) in [6, 6.07) is 9.60. The molecule has 0 saturated carbocycles. The van der Waals surface area contributed by atoms with Gasteiger partial charge in [0.1, 0.15) is 6.33 Å². The summed E-state index contributed by atoms with van der Waals surface area (Å²) < 4.78 is 5.32. The summed E-state index contributed by atoms with van der Waals surface area (Å²) in [7, 11) is 0. The van der Waals surface area contributed by atoms with Crippen molar-refractivity contribution in [3.05, 3.63) is 52.3 Å². The van der Waals surface area contributed by atoms with Crippen LogP contribution in [0.15, 0.2) is 36.7 Å². The van der Waals surface area contributed by atoms with Crippen molar-refractivity contribution < 1.29 is 9.66 Å². The van der Waals surface area contributed by atoms with Gasteiger partial charge in [-0.15, -0.1) is 0 Å². The fourth-order valence-corrected chi connectivity index (χ4v) is 2.97. The van der Waals surface area contributed by atoms with Gasteiger partial charge in [0.2, 0.25) is 11.6 Å². The number of nitro groups is 1. The van der Waals surface area contributed by atoms with Crippen LogP contribution in [0.3, 0.4) is 0 Å². The third-order valence-electron chi connectivity index (χ3n) is 4.48. The number of morpholine rings is 1. The van der Waals surface area contributed by atoms with E-state index in [1.54, 1.807) is 0 Å². The molecule has 1 saturated heterocycles. The first-order valence-electron chi connectivity index (χ1n) is 9.00. The van der Waals surface area contributed by atoms with Crippen LogP contribution in [-0.2, 0) is 4.74 Å². The first-order valence-corrected chi connectivity index (χ1v) is 9.00. The Morgan fingerprint density at radius 2 is 1.93 bits per heavy atom. The molecule has 0 bridgehead atoms. The maximum atomic E-state index is 11.6. The summed E-state index contributed by atoms with van der Waals surface area (Å²) in [5.41, 5.74) is 0.884. The minimum Gasteiger partial charge on any atom is -0.379 e. The van der Waals surface area contributed by atoms with Crippen LogP contribution in [-0.4, -0.2) is 59.2 Å². The normalized spacial score (nSPS) is 15.9. The number of benzene rings is 1. The van der Waals surface area contributed by atoms with Gasteiger partial charge >= 0.3 is 5.69 Å². The third kappa shape index (κ3) is 5.11. The lowest BCUT2D eigenvalue weighted by molar-refractivity contribution is -0.383. The predicted molar refractivity (Wildman–Crippen MR) is 103 cm³/mol. The van der Waals surface area contributed by atoms with E-state index in [-0.39, 0.29) is 23.4 Å². The van der Waals surface area contributed by atoms with Gasteiger partial charge in [-0.1, -0.05) is 30.3 Å². The number of aromatic nitrogens is 2. The molecule has 27 heavy (non-hydrogen) atoms. The van der Waals surface area contributed by atoms with Crippen molar-refractivity contribution in [2.45, 2.75) is 13.0 Å². The molecule has 144 valence electrons. The van der Waals surface area contributed by atoms with Crippen molar-refractivity contribution in [3.63, 3.8) is 0 Å². The molecule has 1 aromatic carbocycles. The van der Waals surface area contributed by atoms with Crippen molar-refractivity contribution in [2.24, 2.45) is 0 Å². The summed E-state index contributed by atoms with van der Waals surface area (Å²) >= 11 is 0. The molecule has 1 fully saturated rings. The van der Waals surface area contributed by atoms with E-state index in [1.807, 2.05) is 37.3 Å². The van der Waals surface area contributed by atoms with Gasteiger partial charge < -0.3 is 15.4 Å². The smallest absolute Gasteiger partial charge is 0.353 e. The van der Waals surface area contributed by atoms with Crippen LogP contribution < -0.4 is 10.6 Å². The highest BCUT2D eigenvalue weighted by Crippen LogP contribution is 2.31. The quantitative estimate of drug-likeness (QED) is 0.537. The summed E-state index contributed by atoms with van der Waals surface area (Å²) in [4.78, 5) is 21.6. The van der Waals surface area contributed by atoms with Crippen molar-refractivity contribution in [1.29, 1.82) is 0 Å². The molecular formula is C18H24N6O3. The Bertz CT molecular complexity index is 752. The molecular weight excluding hydrogens is 348 g/mol. The van der Waals surface area contributed by atoms with Crippen LogP contribution >= 0.6 is 0 Å². The van der Waals surface area contributed by atoms with Gasteiger partial charge in [0.25, 0.3) is 0 Å². The Labute approximate surface area is 157 Å². The van der Waals surface area contributed by atoms with E-state index in [0.717, 1.165) is 38.4 Å².